The van der Waals surface area contributed by atoms with Gasteiger partial charge in [-0.05, 0) is 54.5 Å². The fraction of sp³-hybridized carbons (Fsp3) is 0.375. The number of nitrogens with one attached hydrogen (secondary N) is 1. The molecular weight excluding hydrogens is 449 g/mol. The summed E-state index contributed by atoms with van der Waals surface area (Å²) in [5, 5.41) is 3.01. The Bertz CT molecular complexity index is 1150. The average Bonchev–Trinajstić information content (AvgIpc) is 2.74. The number of hydrogen-bond donors (Lipinski definition) is 1. The molecule has 4 atom stereocenters. The van der Waals surface area contributed by atoms with Gasteiger partial charge in [-0.15, -0.1) is 0 Å². The number of fused-ring (bicyclic) bond motifs is 4. The lowest BCUT2D eigenvalue weighted by molar-refractivity contribution is -0.146. The maximum atomic E-state index is 14.2. The highest BCUT2D eigenvalue weighted by Gasteiger charge is 2.64. The molecule has 0 aliphatic carbocycles. The third kappa shape index (κ3) is 2.96. The number of imide groups is 2. The minimum Gasteiger partial charge on any atom is -0.366 e. The molecule has 3 heterocycles. The van der Waals surface area contributed by atoms with Crippen molar-refractivity contribution < 1.29 is 14.4 Å². The molecule has 3 aliphatic rings. The monoisotopic (exact) mass is 471 g/mol. The van der Waals surface area contributed by atoms with Crippen LogP contribution in [0.25, 0.3) is 0 Å². The first kappa shape index (κ1) is 21.3. The van der Waals surface area contributed by atoms with E-state index in [1.165, 1.54) is 12.1 Å². The topological polar surface area (TPSA) is 69.7 Å². The number of benzene rings is 2. The van der Waals surface area contributed by atoms with E-state index in [2.05, 4.69) is 24.1 Å². The molecule has 2 aromatic rings. The van der Waals surface area contributed by atoms with Crippen LogP contribution in [0.4, 0.5) is 16.2 Å². The van der Waals surface area contributed by atoms with Crippen LogP contribution >= 0.6 is 23.2 Å². The number of piperidine rings is 1. The van der Waals surface area contributed by atoms with Crippen molar-refractivity contribution in [1.82, 2.24) is 5.32 Å². The standard InChI is InChI=1S/C24H23Cl2N3O3/c1-13-9-14(2)20-24(11-15-5-3-4-6-18(15)28(20)12-13)21(30)27-23(32)29(22(24)31)19-10-16(25)7-8-17(19)26/h3-8,10,13-14,20H,9,11-12H2,1-2H3,(H,27,30,32)/t13-,14-,20+,24-/m0/s1. The Balaban J connectivity index is 1.71. The molecule has 5 rings (SSSR count). The number of barbiturate groups is 1. The largest absolute Gasteiger partial charge is 0.366 e. The lowest BCUT2D eigenvalue weighted by Gasteiger charge is -2.56. The maximum Gasteiger partial charge on any atom is 0.335 e. The number of urea groups is 1. The quantitative estimate of drug-likeness (QED) is 0.613. The predicted octanol–water partition coefficient (Wildman–Crippen LogP) is 4.67. The number of anilines is 2. The number of hydrogen-bond acceptors (Lipinski definition) is 4. The second-order valence-electron chi connectivity index (χ2n) is 9.19. The molecule has 2 saturated heterocycles. The summed E-state index contributed by atoms with van der Waals surface area (Å²) in [5.41, 5.74) is 0.690. The predicted molar refractivity (Wildman–Crippen MR) is 124 cm³/mol. The minimum atomic E-state index is -1.45. The molecular formula is C24H23Cl2N3O3. The Kier molecular flexibility index (Phi) is 4.98. The van der Waals surface area contributed by atoms with E-state index in [9.17, 15) is 14.4 Å². The lowest BCUT2D eigenvalue weighted by Crippen LogP contribution is -2.74. The molecule has 0 unspecified atom stereocenters. The Morgan fingerprint density at radius 2 is 1.78 bits per heavy atom. The summed E-state index contributed by atoms with van der Waals surface area (Å²) in [6, 6.07) is 11.3. The molecule has 3 aliphatic heterocycles. The highest BCUT2D eigenvalue weighted by molar-refractivity contribution is 6.39. The third-order valence-electron chi connectivity index (χ3n) is 7.00. The molecule has 0 bridgehead atoms. The Labute approximate surface area is 196 Å². The van der Waals surface area contributed by atoms with Crippen molar-refractivity contribution in [2.45, 2.75) is 32.7 Å². The van der Waals surface area contributed by atoms with Gasteiger partial charge in [-0.1, -0.05) is 55.2 Å². The van der Waals surface area contributed by atoms with Crippen LogP contribution in [0.3, 0.4) is 0 Å². The Morgan fingerprint density at radius 1 is 1.03 bits per heavy atom. The highest BCUT2D eigenvalue weighted by Crippen LogP contribution is 2.50. The van der Waals surface area contributed by atoms with Gasteiger partial charge in [-0.2, -0.15) is 0 Å². The third-order valence-corrected chi connectivity index (χ3v) is 7.55. The van der Waals surface area contributed by atoms with E-state index in [1.54, 1.807) is 6.07 Å². The molecule has 8 heteroatoms. The van der Waals surface area contributed by atoms with Gasteiger partial charge >= 0.3 is 6.03 Å². The maximum absolute atomic E-state index is 14.2. The SMILES string of the molecule is C[C@H]1C[C@H](C)[C@H]2N(C1)c1ccccc1C[C@@]21C(=O)NC(=O)N(c2cc(Cl)ccc2Cl)C1=O. The average molecular weight is 472 g/mol. The van der Waals surface area contributed by atoms with E-state index in [4.69, 9.17) is 23.2 Å². The molecule has 0 aromatic heterocycles. The van der Waals surface area contributed by atoms with Gasteiger partial charge in [0.05, 0.1) is 16.8 Å². The summed E-state index contributed by atoms with van der Waals surface area (Å²) in [6.07, 6.45) is 1.10. The molecule has 2 aromatic carbocycles. The number of carbonyl (C=O) groups excluding carboxylic acids is 3. The van der Waals surface area contributed by atoms with Gasteiger partial charge in [0.1, 0.15) is 0 Å². The zero-order valence-electron chi connectivity index (χ0n) is 17.8. The summed E-state index contributed by atoms with van der Waals surface area (Å²) in [7, 11) is 0. The zero-order valence-corrected chi connectivity index (χ0v) is 19.3. The van der Waals surface area contributed by atoms with E-state index in [1.807, 2.05) is 24.3 Å². The molecule has 6 nitrogen and oxygen atoms in total. The lowest BCUT2D eigenvalue weighted by atomic mass is 9.62. The van der Waals surface area contributed by atoms with Crippen LogP contribution in [0.15, 0.2) is 42.5 Å². The first-order valence-corrected chi connectivity index (χ1v) is 11.5. The summed E-state index contributed by atoms with van der Waals surface area (Å²) in [5.74, 6) is -0.632. The Morgan fingerprint density at radius 3 is 2.56 bits per heavy atom. The fourth-order valence-electron chi connectivity index (χ4n) is 5.89. The van der Waals surface area contributed by atoms with Crippen LogP contribution in [0.2, 0.25) is 10.0 Å². The van der Waals surface area contributed by atoms with Gasteiger partial charge in [0.2, 0.25) is 5.91 Å². The van der Waals surface area contributed by atoms with Crippen molar-refractivity contribution in [3.63, 3.8) is 0 Å². The number of amides is 4. The van der Waals surface area contributed by atoms with Gasteiger partial charge in [0.25, 0.3) is 5.91 Å². The summed E-state index contributed by atoms with van der Waals surface area (Å²) < 4.78 is 0. The van der Waals surface area contributed by atoms with Crippen LogP contribution in [-0.4, -0.2) is 30.4 Å². The number of halogens is 2. The molecule has 166 valence electrons. The fourth-order valence-corrected chi connectivity index (χ4v) is 6.25. The number of para-hydroxylation sites is 1. The van der Waals surface area contributed by atoms with Gasteiger partial charge in [-0.25, -0.2) is 9.69 Å². The van der Waals surface area contributed by atoms with E-state index >= 15 is 0 Å². The second kappa shape index (κ2) is 7.49. The van der Waals surface area contributed by atoms with Crippen LogP contribution in [0.5, 0.6) is 0 Å². The summed E-state index contributed by atoms with van der Waals surface area (Å²) in [6.45, 7) is 5.00. The van der Waals surface area contributed by atoms with Crippen molar-refractivity contribution >= 4 is 52.4 Å². The minimum absolute atomic E-state index is 0.0618. The van der Waals surface area contributed by atoms with Crippen molar-refractivity contribution in [1.29, 1.82) is 0 Å². The van der Waals surface area contributed by atoms with Crippen molar-refractivity contribution in [3.05, 3.63) is 58.1 Å². The molecule has 1 N–H and O–H groups in total. The molecule has 32 heavy (non-hydrogen) atoms. The van der Waals surface area contributed by atoms with Gasteiger partial charge in [-0.3, -0.25) is 14.9 Å². The van der Waals surface area contributed by atoms with Gasteiger partial charge in [0.15, 0.2) is 5.41 Å². The van der Waals surface area contributed by atoms with Crippen LogP contribution in [-0.2, 0) is 16.0 Å². The first-order valence-electron chi connectivity index (χ1n) is 10.7. The van der Waals surface area contributed by atoms with Crippen LogP contribution < -0.4 is 15.1 Å². The summed E-state index contributed by atoms with van der Waals surface area (Å²) >= 11 is 12.5. The smallest absolute Gasteiger partial charge is 0.335 e. The van der Waals surface area contributed by atoms with E-state index in [0.717, 1.165) is 29.1 Å². The van der Waals surface area contributed by atoms with Gasteiger partial charge < -0.3 is 4.90 Å². The van der Waals surface area contributed by atoms with E-state index in [-0.39, 0.29) is 29.1 Å². The summed E-state index contributed by atoms with van der Waals surface area (Å²) in [4.78, 5) is 43.8. The molecule has 1 spiro atoms. The highest BCUT2D eigenvalue weighted by atomic mass is 35.5. The number of carbonyl (C=O) groups is 3. The van der Waals surface area contributed by atoms with E-state index < -0.39 is 23.3 Å². The van der Waals surface area contributed by atoms with Crippen molar-refractivity contribution in [2.24, 2.45) is 17.3 Å². The normalized spacial score (nSPS) is 29.6. The molecule has 0 saturated carbocycles. The molecule has 4 amide bonds. The van der Waals surface area contributed by atoms with Crippen molar-refractivity contribution in [3.8, 4) is 0 Å². The van der Waals surface area contributed by atoms with Crippen LogP contribution in [0.1, 0.15) is 25.8 Å². The molecule has 2 fully saturated rings. The van der Waals surface area contributed by atoms with E-state index in [0.29, 0.717) is 10.9 Å². The first-order chi connectivity index (χ1) is 15.2. The number of nitrogens with zero attached hydrogens (tertiary/aromatic N) is 2. The van der Waals surface area contributed by atoms with Crippen molar-refractivity contribution in [2.75, 3.05) is 16.3 Å². The Hall–Kier alpha value is -2.57. The second-order valence-corrected chi connectivity index (χ2v) is 10.0. The zero-order chi connectivity index (χ0) is 22.8. The molecule has 0 radical (unpaired) electrons. The van der Waals surface area contributed by atoms with Gasteiger partial charge in [0, 0.05) is 17.3 Å². The van der Waals surface area contributed by atoms with Crippen LogP contribution in [0, 0.1) is 17.3 Å². The number of rotatable bonds is 1.